The maximum absolute atomic E-state index is 9.05. The van der Waals surface area contributed by atoms with Gasteiger partial charge in [-0.05, 0) is 19.5 Å². The summed E-state index contributed by atoms with van der Waals surface area (Å²) in [6.45, 7) is 2.76. The van der Waals surface area contributed by atoms with Crippen LogP contribution < -0.4 is 5.73 Å². The Morgan fingerprint density at radius 3 is 2.69 bits per heavy atom. The molecule has 1 atom stereocenters. The van der Waals surface area contributed by atoms with Crippen LogP contribution >= 0.6 is 0 Å². The summed E-state index contributed by atoms with van der Waals surface area (Å²) in [5.41, 5.74) is 7.29. The van der Waals surface area contributed by atoms with E-state index in [0.717, 1.165) is 11.1 Å². The molecule has 0 aliphatic carbocycles. The predicted molar refractivity (Wildman–Crippen MR) is 65.5 cm³/mol. The number of nitrogens with zero attached hydrogens (tertiary/aromatic N) is 1. The number of aliphatic hydroxyl groups is 1. The maximum atomic E-state index is 9.05. The molecule has 0 bridgehead atoms. The monoisotopic (exact) mass is 221 g/mol. The molecule has 1 aromatic carbocycles. The van der Waals surface area contributed by atoms with Crippen LogP contribution in [0.1, 0.15) is 18.1 Å². The number of likely N-dealkylation sites (N-methyl/N-ethyl adjacent to an activating group) is 1. The first-order valence-corrected chi connectivity index (χ1v) is 5.29. The number of amidine groups is 1. The zero-order chi connectivity index (χ0) is 12.1. The first kappa shape index (κ1) is 12.7. The van der Waals surface area contributed by atoms with Crippen LogP contribution in [-0.4, -0.2) is 35.5 Å². The first-order chi connectivity index (χ1) is 7.56. The SMILES string of the molecule is CC(CO)N(C)Cc1ccccc1C(=N)N. The van der Waals surface area contributed by atoms with Crippen LogP contribution in [0.15, 0.2) is 24.3 Å². The Hall–Kier alpha value is -1.39. The number of aliphatic hydroxyl groups excluding tert-OH is 1. The van der Waals surface area contributed by atoms with Gasteiger partial charge in [-0.1, -0.05) is 24.3 Å². The molecule has 0 saturated heterocycles. The molecule has 1 unspecified atom stereocenters. The summed E-state index contributed by atoms with van der Waals surface area (Å²) in [4.78, 5) is 2.03. The van der Waals surface area contributed by atoms with E-state index in [1.807, 2.05) is 43.1 Å². The molecule has 0 heterocycles. The number of hydrogen-bond donors (Lipinski definition) is 3. The molecule has 1 rings (SSSR count). The van der Waals surface area contributed by atoms with Gasteiger partial charge < -0.3 is 10.8 Å². The molecule has 0 fully saturated rings. The summed E-state index contributed by atoms with van der Waals surface area (Å²) >= 11 is 0. The van der Waals surface area contributed by atoms with Crippen molar-refractivity contribution in [1.29, 1.82) is 5.41 Å². The number of nitrogens with one attached hydrogen (secondary N) is 1. The lowest BCUT2D eigenvalue weighted by molar-refractivity contribution is 0.154. The maximum Gasteiger partial charge on any atom is 0.123 e. The highest BCUT2D eigenvalue weighted by atomic mass is 16.3. The summed E-state index contributed by atoms with van der Waals surface area (Å²) in [6.07, 6.45) is 0. The summed E-state index contributed by atoms with van der Waals surface area (Å²) in [6, 6.07) is 7.70. The van der Waals surface area contributed by atoms with Crippen molar-refractivity contribution >= 4 is 5.84 Å². The van der Waals surface area contributed by atoms with Crippen molar-refractivity contribution in [3.8, 4) is 0 Å². The Labute approximate surface area is 96.2 Å². The second-order valence-electron chi connectivity index (χ2n) is 4.02. The zero-order valence-electron chi connectivity index (χ0n) is 9.77. The molecular weight excluding hydrogens is 202 g/mol. The highest BCUT2D eigenvalue weighted by Gasteiger charge is 2.11. The molecule has 4 N–H and O–H groups in total. The van der Waals surface area contributed by atoms with Crippen LogP contribution in [0, 0.1) is 5.41 Å². The van der Waals surface area contributed by atoms with Gasteiger partial charge >= 0.3 is 0 Å². The average Bonchev–Trinajstić information content (AvgIpc) is 2.28. The van der Waals surface area contributed by atoms with E-state index in [4.69, 9.17) is 16.2 Å². The average molecular weight is 221 g/mol. The van der Waals surface area contributed by atoms with Crippen LogP contribution in [-0.2, 0) is 6.54 Å². The van der Waals surface area contributed by atoms with E-state index in [9.17, 15) is 0 Å². The Bertz CT molecular complexity index is 365. The first-order valence-electron chi connectivity index (χ1n) is 5.29. The van der Waals surface area contributed by atoms with Gasteiger partial charge in [0.1, 0.15) is 5.84 Å². The largest absolute Gasteiger partial charge is 0.395 e. The molecule has 0 spiro atoms. The van der Waals surface area contributed by atoms with Crippen LogP contribution in [0.3, 0.4) is 0 Å². The third kappa shape index (κ3) is 3.05. The summed E-state index contributed by atoms with van der Waals surface area (Å²) in [7, 11) is 1.94. The fourth-order valence-electron chi connectivity index (χ4n) is 1.48. The number of nitrogen functional groups attached to an aromatic ring is 1. The van der Waals surface area contributed by atoms with Crippen LogP contribution in [0.25, 0.3) is 0 Å². The molecule has 4 nitrogen and oxygen atoms in total. The zero-order valence-corrected chi connectivity index (χ0v) is 9.77. The van der Waals surface area contributed by atoms with Crippen molar-refractivity contribution in [2.75, 3.05) is 13.7 Å². The second kappa shape index (κ2) is 5.63. The van der Waals surface area contributed by atoms with Gasteiger partial charge in [0.25, 0.3) is 0 Å². The molecule has 1 aromatic rings. The van der Waals surface area contributed by atoms with Crippen molar-refractivity contribution < 1.29 is 5.11 Å². The van der Waals surface area contributed by atoms with Crippen molar-refractivity contribution in [3.05, 3.63) is 35.4 Å². The molecule has 0 aliphatic rings. The van der Waals surface area contributed by atoms with Crippen LogP contribution in [0.4, 0.5) is 0 Å². The van der Waals surface area contributed by atoms with Crippen molar-refractivity contribution in [2.24, 2.45) is 5.73 Å². The Morgan fingerprint density at radius 2 is 2.12 bits per heavy atom. The number of hydrogen-bond acceptors (Lipinski definition) is 3. The topological polar surface area (TPSA) is 73.3 Å². The lowest BCUT2D eigenvalue weighted by Gasteiger charge is -2.23. The summed E-state index contributed by atoms with van der Waals surface area (Å²) < 4.78 is 0. The molecular formula is C12H19N3O. The van der Waals surface area contributed by atoms with Crippen molar-refractivity contribution in [3.63, 3.8) is 0 Å². The van der Waals surface area contributed by atoms with Crippen LogP contribution in [0.2, 0.25) is 0 Å². The van der Waals surface area contributed by atoms with Crippen molar-refractivity contribution in [2.45, 2.75) is 19.5 Å². The van der Waals surface area contributed by atoms with Gasteiger partial charge in [-0.2, -0.15) is 0 Å². The minimum absolute atomic E-state index is 0.0839. The molecule has 4 heteroatoms. The molecule has 16 heavy (non-hydrogen) atoms. The van der Waals surface area contributed by atoms with Gasteiger partial charge in [-0.15, -0.1) is 0 Å². The summed E-state index contributed by atoms with van der Waals surface area (Å²) in [5, 5.41) is 16.5. The predicted octanol–water partition coefficient (Wildman–Crippen LogP) is 0.783. The Morgan fingerprint density at radius 1 is 1.50 bits per heavy atom. The smallest absolute Gasteiger partial charge is 0.123 e. The van der Waals surface area contributed by atoms with Gasteiger partial charge in [0.05, 0.1) is 6.61 Å². The van der Waals surface area contributed by atoms with Gasteiger partial charge in [-0.3, -0.25) is 10.3 Å². The van der Waals surface area contributed by atoms with Crippen molar-refractivity contribution in [1.82, 2.24) is 4.90 Å². The van der Waals surface area contributed by atoms with Crippen LogP contribution in [0.5, 0.6) is 0 Å². The lowest BCUT2D eigenvalue weighted by Crippen LogP contribution is -2.32. The van der Waals surface area contributed by atoms with Gasteiger partial charge in [-0.25, -0.2) is 0 Å². The number of nitrogens with two attached hydrogens (primary N) is 1. The minimum atomic E-state index is 0.0839. The van der Waals surface area contributed by atoms with E-state index in [-0.39, 0.29) is 18.5 Å². The molecule has 0 aromatic heterocycles. The molecule has 0 saturated carbocycles. The standard InChI is InChI=1S/C12H19N3O/c1-9(8-16)15(2)7-10-5-3-4-6-11(10)12(13)14/h3-6,9,16H,7-8H2,1-2H3,(H3,13,14). The van der Waals surface area contributed by atoms with E-state index in [2.05, 4.69) is 0 Å². The highest BCUT2D eigenvalue weighted by Crippen LogP contribution is 2.11. The molecule has 0 amide bonds. The second-order valence-corrected chi connectivity index (χ2v) is 4.02. The third-order valence-corrected chi connectivity index (χ3v) is 2.74. The normalized spacial score (nSPS) is 12.8. The minimum Gasteiger partial charge on any atom is -0.395 e. The van der Waals surface area contributed by atoms with E-state index >= 15 is 0 Å². The summed E-state index contributed by atoms with van der Waals surface area (Å²) in [5.74, 6) is 0.0839. The molecule has 88 valence electrons. The van der Waals surface area contributed by atoms with E-state index < -0.39 is 0 Å². The Balaban J connectivity index is 2.84. The van der Waals surface area contributed by atoms with E-state index in [1.165, 1.54) is 0 Å². The molecule has 0 aliphatic heterocycles. The Kier molecular flexibility index (Phi) is 4.46. The lowest BCUT2D eigenvalue weighted by atomic mass is 10.1. The fourth-order valence-corrected chi connectivity index (χ4v) is 1.48. The highest BCUT2D eigenvalue weighted by molar-refractivity contribution is 5.96. The fraction of sp³-hybridized carbons (Fsp3) is 0.417. The number of benzene rings is 1. The van der Waals surface area contributed by atoms with E-state index in [1.54, 1.807) is 0 Å². The van der Waals surface area contributed by atoms with E-state index in [0.29, 0.717) is 6.54 Å². The van der Waals surface area contributed by atoms with Gasteiger partial charge in [0.15, 0.2) is 0 Å². The van der Waals surface area contributed by atoms with Gasteiger partial charge in [0, 0.05) is 18.2 Å². The molecule has 0 radical (unpaired) electrons. The van der Waals surface area contributed by atoms with Gasteiger partial charge in [0.2, 0.25) is 0 Å². The third-order valence-electron chi connectivity index (χ3n) is 2.74. The quantitative estimate of drug-likeness (QED) is 0.508. The number of rotatable bonds is 5.